The molecule has 0 saturated heterocycles. The second-order valence-corrected chi connectivity index (χ2v) is 8.47. The summed E-state index contributed by atoms with van der Waals surface area (Å²) in [6.07, 6.45) is 3.29. The molecule has 0 heterocycles. The molecule has 1 fully saturated rings. The molecule has 138 valence electrons. The van der Waals surface area contributed by atoms with Crippen molar-refractivity contribution >= 4 is 21.4 Å². The zero-order valence-corrected chi connectivity index (χ0v) is 15.0. The van der Waals surface area contributed by atoms with Crippen molar-refractivity contribution in [2.75, 3.05) is 11.9 Å². The molecule has 2 aromatic rings. The number of nitrogens with one attached hydrogen (secondary N) is 1. The summed E-state index contributed by atoms with van der Waals surface area (Å²) in [7, 11) is -3.31. The zero-order valence-electron chi connectivity index (χ0n) is 14.2. The third-order valence-electron chi connectivity index (χ3n) is 4.40. The van der Waals surface area contributed by atoms with Gasteiger partial charge in [-0.2, -0.15) is 0 Å². The van der Waals surface area contributed by atoms with Crippen LogP contribution in [0.3, 0.4) is 0 Å². The third-order valence-corrected chi connectivity index (χ3v) is 6.68. The van der Waals surface area contributed by atoms with Crippen LogP contribution in [0.4, 0.5) is 10.1 Å². The molecule has 2 aromatic carbocycles. The molecule has 3 rings (SSSR count). The first-order chi connectivity index (χ1) is 12.5. The van der Waals surface area contributed by atoms with Crippen molar-refractivity contribution in [1.29, 1.82) is 0 Å². The highest BCUT2D eigenvalue weighted by Gasteiger charge is 2.30. The molecular weight excluding hydrogens is 357 g/mol. The van der Waals surface area contributed by atoms with Gasteiger partial charge >= 0.3 is 0 Å². The van der Waals surface area contributed by atoms with Crippen molar-refractivity contribution in [3.8, 4) is 5.75 Å². The molecule has 5 nitrogen and oxygen atoms in total. The van der Waals surface area contributed by atoms with E-state index in [4.69, 9.17) is 4.74 Å². The monoisotopic (exact) mass is 377 g/mol. The Labute approximate surface area is 152 Å². The lowest BCUT2D eigenvalue weighted by Gasteiger charge is -2.12. The predicted molar refractivity (Wildman–Crippen MR) is 96.4 cm³/mol. The summed E-state index contributed by atoms with van der Waals surface area (Å²) in [5.41, 5.74) is 0.456. The summed E-state index contributed by atoms with van der Waals surface area (Å²) < 4.78 is 43.6. The number of para-hydroxylation sites is 1. The van der Waals surface area contributed by atoms with Crippen LogP contribution in [-0.2, 0) is 14.6 Å². The average molecular weight is 377 g/mol. The maximum atomic E-state index is 13.4. The van der Waals surface area contributed by atoms with Gasteiger partial charge in [-0.15, -0.1) is 0 Å². The van der Waals surface area contributed by atoms with Crippen LogP contribution in [-0.4, -0.2) is 26.2 Å². The van der Waals surface area contributed by atoms with E-state index in [9.17, 15) is 17.6 Å². The van der Waals surface area contributed by atoms with Crippen LogP contribution >= 0.6 is 0 Å². The number of benzene rings is 2. The Bertz CT molecular complexity index is 875. The molecule has 1 aliphatic carbocycles. The van der Waals surface area contributed by atoms with Crippen molar-refractivity contribution in [2.45, 2.75) is 35.8 Å². The van der Waals surface area contributed by atoms with Gasteiger partial charge in [-0.05, 0) is 49.2 Å². The first-order valence-electron chi connectivity index (χ1n) is 8.48. The van der Waals surface area contributed by atoms with E-state index in [1.165, 1.54) is 30.3 Å². The van der Waals surface area contributed by atoms with E-state index >= 15 is 0 Å². The summed E-state index contributed by atoms with van der Waals surface area (Å²) in [6.45, 7) is -0.344. The van der Waals surface area contributed by atoms with Gasteiger partial charge in [0.05, 0.1) is 10.1 Å². The Kier molecular flexibility index (Phi) is 5.56. The number of hydrogen-bond donors (Lipinski definition) is 1. The summed E-state index contributed by atoms with van der Waals surface area (Å²) >= 11 is 0. The minimum Gasteiger partial charge on any atom is -0.481 e. The van der Waals surface area contributed by atoms with Crippen LogP contribution in [0.2, 0.25) is 0 Å². The maximum Gasteiger partial charge on any atom is 0.262 e. The van der Waals surface area contributed by atoms with Crippen molar-refractivity contribution in [1.82, 2.24) is 0 Å². The van der Waals surface area contributed by atoms with E-state index in [1.54, 1.807) is 18.2 Å². The summed E-state index contributed by atoms with van der Waals surface area (Å²) in [6, 6.07) is 11.9. The Morgan fingerprint density at radius 3 is 2.38 bits per heavy atom. The fraction of sp³-hybridized carbons (Fsp3) is 0.316. The van der Waals surface area contributed by atoms with Gasteiger partial charge in [0, 0.05) is 5.69 Å². The highest BCUT2D eigenvalue weighted by atomic mass is 32.2. The molecule has 1 aliphatic rings. The van der Waals surface area contributed by atoms with Crippen LogP contribution < -0.4 is 10.1 Å². The molecule has 0 bridgehead atoms. The van der Waals surface area contributed by atoms with Gasteiger partial charge in [0.1, 0.15) is 0 Å². The third kappa shape index (κ3) is 4.22. The van der Waals surface area contributed by atoms with Gasteiger partial charge in [-0.25, -0.2) is 12.8 Å². The van der Waals surface area contributed by atoms with Crippen LogP contribution in [0.25, 0.3) is 0 Å². The number of carbonyl (C=O) groups excluding carboxylic acids is 1. The quantitative estimate of drug-likeness (QED) is 0.835. The Morgan fingerprint density at radius 2 is 1.73 bits per heavy atom. The lowest BCUT2D eigenvalue weighted by Crippen LogP contribution is -2.21. The smallest absolute Gasteiger partial charge is 0.262 e. The second-order valence-electron chi connectivity index (χ2n) is 6.24. The normalized spacial score (nSPS) is 15.0. The minimum atomic E-state index is -3.31. The topological polar surface area (TPSA) is 72.5 Å². The molecule has 7 heteroatoms. The van der Waals surface area contributed by atoms with Crippen molar-refractivity contribution < 1.29 is 22.3 Å². The van der Waals surface area contributed by atoms with Gasteiger partial charge < -0.3 is 10.1 Å². The van der Waals surface area contributed by atoms with E-state index in [1.807, 2.05) is 0 Å². The first-order valence-corrected chi connectivity index (χ1v) is 10.0. The molecule has 0 radical (unpaired) electrons. The van der Waals surface area contributed by atoms with Crippen molar-refractivity contribution in [3.05, 3.63) is 54.3 Å². The van der Waals surface area contributed by atoms with Crippen LogP contribution in [0.1, 0.15) is 25.7 Å². The lowest BCUT2D eigenvalue weighted by molar-refractivity contribution is -0.118. The summed E-state index contributed by atoms with van der Waals surface area (Å²) in [4.78, 5) is 12.2. The number of anilines is 1. The molecule has 0 atom stereocenters. The van der Waals surface area contributed by atoms with Crippen molar-refractivity contribution in [2.24, 2.45) is 0 Å². The van der Waals surface area contributed by atoms with E-state index in [0.29, 0.717) is 18.5 Å². The number of rotatable bonds is 6. The molecular formula is C19H20FNO4S. The van der Waals surface area contributed by atoms with Crippen LogP contribution in [0, 0.1) is 5.82 Å². The number of amides is 1. The summed E-state index contributed by atoms with van der Waals surface area (Å²) in [5, 5.41) is 2.29. The molecule has 0 spiro atoms. The Balaban J connectivity index is 1.58. The fourth-order valence-electron chi connectivity index (χ4n) is 3.02. The number of carbonyl (C=O) groups is 1. The SMILES string of the molecule is O=C(COc1ccccc1F)Nc1ccc(S(=O)(=O)C2CCCC2)cc1. The molecule has 0 aromatic heterocycles. The molecule has 26 heavy (non-hydrogen) atoms. The standard InChI is InChI=1S/C19H20FNO4S/c20-17-7-3-4-8-18(17)25-13-19(22)21-14-9-11-16(12-10-14)26(23,24)15-5-1-2-6-15/h3-4,7-12,15H,1-2,5-6,13H2,(H,21,22). The zero-order chi connectivity index (χ0) is 18.6. The number of sulfone groups is 1. The highest BCUT2D eigenvalue weighted by Crippen LogP contribution is 2.30. The summed E-state index contributed by atoms with van der Waals surface area (Å²) in [5.74, 6) is -0.998. The fourth-order valence-corrected chi connectivity index (χ4v) is 4.88. The Morgan fingerprint density at radius 1 is 1.08 bits per heavy atom. The highest BCUT2D eigenvalue weighted by molar-refractivity contribution is 7.92. The first kappa shape index (κ1) is 18.4. The second kappa shape index (κ2) is 7.86. The lowest BCUT2D eigenvalue weighted by atomic mass is 10.3. The van der Waals surface area contributed by atoms with Crippen LogP contribution in [0.15, 0.2) is 53.4 Å². The largest absolute Gasteiger partial charge is 0.481 e. The van der Waals surface area contributed by atoms with Gasteiger partial charge in [-0.3, -0.25) is 4.79 Å². The molecule has 0 unspecified atom stereocenters. The van der Waals surface area contributed by atoms with Gasteiger partial charge in [0.25, 0.3) is 5.91 Å². The van der Waals surface area contributed by atoms with E-state index in [0.717, 1.165) is 12.8 Å². The van der Waals surface area contributed by atoms with Gasteiger partial charge in [0.15, 0.2) is 28.0 Å². The number of hydrogen-bond acceptors (Lipinski definition) is 4. The number of halogens is 1. The Hall–Kier alpha value is -2.41. The van der Waals surface area contributed by atoms with E-state index in [-0.39, 0.29) is 22.5 Å². The maximum absolute atomic E-state index is 13.4. The number of ether oxygens (including phenoxy) is 1. The van der Waals surface area contributed by atoms with Gasteiger partial charge in [-0.1, -0.05) is 25.0 Å². The van der Waals surface area contributed by atoms with Gasteiger partial charge in [0.2, 0.25) is 0 Å². The average Bonchev–Trinajstić information content (AvgIpc) is 3.17. The molecule has 1 N–H and O–H groups in total. The predicted octanol–water partition coefficient (Wildman–Crippen LogP) is 3.56. The molecule has 1 amide bonds. The minimum absolute atomic E-state index is 0.000606. The van der Waals surface area contributed by atoms with Crippen LogP contribution in [0.5, 0.6) is 5.75 Å². The molecule has 0 aliphatic heterocycles. The van der Waals surface area contributed by atoms with Crippen molar-refractivity contribution in [3.63, 3.8) is 0 Å². The van der Waals surface area contributed by atoms with E-state index in [2.05, 4.69) is 5.32 Å². The van der Waals surface area contributed by atoms with E-state index < -0.39 is 21.6 Å². The molecule has 1 saturated carbocycles.